The van der Waals surface area contributed by atoms with Gasteiger partial charge in [-0.25, -0.2) is 0 Å². The molecule has 0 saturated heterocycles. The molecule has 1 aromatic rings. The second-order valence-electron chi connectivity index (χ2n) is 5.33. The van der Waals surface area contributed by atoms with Crippen LogP contribution in [0.25, 0.3) is 0 Å². The van der Waals surface area contributed by atoms with Crippen LogP contribution in [0.3, 0.4) is 0 Å². The number of amides is 1. The van der Waals surface area contributed by atoms with Gasteiger partial charge in [0.05, 0.1) is 6.61 Å². The van der Waals surface area contributed by atoms with E-state index in [1.165, 1.54) is 5.56 Å². The molecule has 0 aliphatic carbocycles. The molecule has 0 aromatic heterocycles. The van der Waals surface area contributed by atoms with E-state index in [2.05, 4.69) is 43.5 Å². The highest BCUT2D eigenvalue weighted by Gasteiger charge is 2.07. The number of benzene rings is 1. The lowest BCUT2D eigenvalue weighted by molar-refractivity contribution is -0.120. The van der Waals surface area contributed by atoms with Crippen LogP contribution in [-0.2, 0) is 4.79 Å². The smallest absolute Gasteiger partial charge is 0.219 e. The quantitative estimate of drug-likeness (QED) is 0.688. The van der Waals surface area contributed by atoms with Gasteiger partial charge in [-0.1, -0.05) is 19.1 Å². The van der Waals surface area contributed by atoms with Crippen molar-refractivity contribution in [2.24, 2.45) is 0 Å². The van der Waals surface area contributed by atoms with Crippen LogP contribution in [0.2, 0.25) is 0 Å². The Morgan fingerprint density at radius 1 is 1.38 bits per heavy atom. The largest absolute Gasteiger partial charge is 0.493 e. The van der Waals surface area contributed by atoms with Crippen LogP contribution in [0.1, 0.15) is 50.3 Å². The molecule has 1 unspecified atom stereocenters. The van der Waals surface area contributed by atoms with E-state index in [0.717, 1.165) is 30.7 Å². The van der Waals surface area contributed by atoms with Crippen molar-refractivity contribution in [1.82, 2.24) is 10.6 Å². The average molecular weight is 292 g/mol. The van der Waals surface area contributed by atoms with Crippen molar-refractivity contribution < 1.29 is 9.53 Å². The lowest BCUT2D eigenvalue weighted by atomic mass is 10.0. The zero-order chi connectivity index (χ0) is 15.7. The highest BCUT2D eigenvalue weighted by atomic mass is 16.5. The molecule has 2 N–H and O–H groups in total. The summed E-state index contributed by atoms with van der Waals surface area (Å²) in [5.74, 6) is 0.958. The molecule has 4 heteroatoms. The van der Waals surface area contributed by atoms with E-state index in [-0.39, 0.29) is 5.91 Å². The first-order valence-corrected chi connectivity index (χ1v) is 7.75. The first-order valence-electron chi connectivity index (χ1n) is 7.75. The summed E-state index contributed by atoms with van der Waals surface area (Å²) >= 11 is 0. The molecule has 1 aromatic carbocycles. The summed E-state index contributed by atoms with van der Waals surface area (Å²) in [6.45, 7) is 7.99. The van der Waals surface area contributed by atoms with Gasteiger partial charge in [-0.15, -0.1) is 0 Å². The van der Waals surface area contributed by atoms with Gasteiger partial charge in [0.2, 0.25) is 5.91 Å². The van der Waals surface area contributed by atoms with Crippen molar-refractivity contribution in [3.8, 4) is 5.75 Å². The van der Waals surface area contributed by atoms with Crippen molar-refractivity contribution in [2.75, 3.05) is 20.2 Å². The molecule has 0 aliphatic rings. The van der Waals surface area contributed by atoms with Gasteiger partial charge >= 0.3 is 0 Å². The topological polar surface area (TPSA) is 50.4 Å². The Kier molecular flexibility index (Phi) is 7.83. The Morgan fingerprint density at radius 3 is 2.76 bits per heavy atom. The maximum Gasteiger partial charge on any atom is 0.219 e. The van der Waals surface area contributed by atoms with E-state index < -0.39 is 0 Å². The number of hydrogen-bond donors (Lipinski definition) is 2. The number of hydrogen-bond acceptors (Lipinski definition) is 3. The van der Waals surface area contributed by atoms with E-state index in [0.29, 0.717) is 19.1 Å². The van der Waals surface area contributed by atoms with E-state index in [4.69, 9.17) is 4.74 Å². The fraction of sp³-hybridized carbons (Fsp3) is 0.588. The number of carbonyl (C=O) groups excluding carboxylic acids is 1. The molecule has 118 valence electrons. The first kappa shape index (κ1) is 17.5. The van der Waals surface area contributed by atoms with Gasteiger partial charge in [-0.2, -0.15) is 0 Å². The number of aryl methyl sites for hydroxylation is 1. The standard InChI is InChI=1S/C17H28N2O2/c1-5-10-19-14(3)15-8-9-16(13(2)12-15)21-11-6-7-17(20)18-4/h8-9,12,14,19H,5-7,10-11H2,1-4H3,(H,18,20). The second kappa shape index (κ2) is 9.40. The minimum Gasteiger partial charge on any atom is -0.493 e. The molecular weight excluding hydrogens is 264 g/mol. The van der Waals surface area contributed by atoms with Crippen LogP contribution in [0.15, 0.2) is 18.2 Å². The van der Waals surface area contributed by atoms with Crippen molar-refractivity contribution in [1.29, 1.82) is 0 Å². The van der Waals surface area contributed by atoms with Crippen molar-refractivity contribution >= 4 is 5.91 Å². The van der Waals surface area contributed by atoms with E-state index >= 15 is 0 Å². The zero-order valence-corrected chi connectivity index (χ0v) is 13.7. The summed E-state index contributed by atoms with van der Waals surface area (Å²) in [6, 6.07) is 6.65. The lowest BCUT2D eigenvalue weighted by Crippen LogP contribution is -2.19. The molecule has 0 aliphatic heterocycles. The molecule has 1 rings (SSSR count). The number of nitrogens with one attached hydrogen (secondary N) is 2. The molecule has 1 atom stereocenters. The highest BCUT2D eigenvalue weighted by Crippen LogP contribution is 2.23. The summed E-state index contributed by atoms with van der Waals surface area (Å²) in [6.07, 6.45) is 2.37. The summed E-state index contributed by atoms with van der Waals surface area (Å²) in [4.78, 5) is 11.1. The maximum absolute atomic E-state index is 11.1. The Balaban J connectivity index is 2.48. The number of ether oxygens (including phenoxy) is 1. The van der Waals surface area contributed by atoms with E-state index in [1.807, 2.05) is 6.07 Å². The zero-order valence-electron chi connectivity index (χ0n) is 13.7. The van der Waals surface area contributed by atoms with E-state index in [9.17, 15) is 4.79 Å². The van der Waals surface area contributed by atoms with Crippen LogP contribution in [0.4, 0.5) is 0 Å². The molecule has 21 heavy (non-hydrogen) atoms. The number of rotatable bonds is 9. The number of carbonyl (C=O) groups is 1. The van der Waals surface area contributed by atoms with Crippen LogP contribution in [0, 0.1) is 6.92 Å². The minimum atomic E-state index is 0.0569. The molecular formula is C17H28N2O2. The first-order chi connectivity index (χ1) is 10.1. The van der Waals surface area contributed by atoms with Gasteiger partial charge in [0.1, 0.15) is 5.75 Å². The summed E-state index contributed by atoms with van der Waals surface area (Å²) in [7, 11) is 1.65. The van der Waals surface area contributed by atoms with Gasteiger partial charge in [-0.3, -0.25) is 4.79 Å². The SMILES string of the molecule is CCCNC(C)c1ccc(OCCCC(=O)NC)c(C)c1. The summed E-state index contributed by atoms with van der Waals surface area (Å²) in [5, 5.41) is 6.09. The normalized spacial score (nSPS) is 12.0. The van der Waals surface area contributed by atoms with Gasteiger partial charge in [0, 0.05) is 19.5 Å². The molecule has 0 heterocycles. The highest BCUT2D eigenvalue weighted by molar-refractivity contribution is 5.75. The predicted octanol–water partition coefficient (Wildman–Crippen LogP) is 2.96. The Morgan fingerprint density at radius 2 is 2.14 bits per heavy atom. The molecule has 0 spiro atoms. The predicted molar refractivity (Wildman–Crippen MR) is 86.7 cm³/mol. The summed E-state index contributed by atoms with van der Waals surface area (Å²) < 4.78 is 5.75. The van der Waals surface area contributed by atoms with Crippen LogP contribution < -0.4 is 15.4 Å². The maximum atomic E-state index is 11.1. The molecule has 0 fully saturated rings. The van der Waals surface area contributed by atoms with Gasteiger partial charge in [0.25, 0.3) is 0 Å². The van der Waals surface area contributed by atoms with Crippen molar-refractivity contribution in [3.63, 3.8) is 0 Å². The lowest BCUT2D eigenvalue weighted by Gasteiger charge is -2.16. The Bertz CT molecular complexity index is 446. The molecule has 4 nitrogen and oxygen atoms in total. The Labute approximate surface area is 128 Å². The summed E-state index contributed by atoms with van der Waals surface area (Å²) in [5.41, 5.74) is 2.41. The van der Waals surface area contributed by atoms with Crippen molar-refractivity contribution in [2.45, 2.75) is 46.1 Å². The monoisotopic (exact) mass is 292 g/mol. The van der Waals surface area contributed by atoms with Gasteiger partial charge < -0.3 is 15.4 Å². The van der Waals surface area contributed by atoms with Crippen molar-refractivity contribution in [3.05, 3.63) is 29.3 Å². The minimum absolute atomic E-state index is 0.0569. The Hall–Kier alpha value is -1.55. The van der Waals surface area contributed by atoms with Crippen LogP contribution in [0.5, 0.6) is 5.75 Å². The molecule has 0 saturated carbocycles. The van der Waals surface area contributed by atoms with E-state index in [1.54, 1.807) is 7.05 Å². The molecule has 0 bridgehead atoms. The van der Waals surface area contributed by atoms with Crippen LogP contribution >= 0.6 is 0 Å². The fourth-order valence-electron chi connectivity index (χ4n) is 2.12. The third kappa shape index (κ3) is 6.17. The molecule has 1 amide bonds. The third-order valence-corrected chi connectivity index (χ3v) is 3.48. The fourth-order valence-corrected chi connectivity index (χ4v) is 2.12. The third-order valence-electron chi connectivity index (χ3n) is 3.48. The molecule has 0 radical (unpaired) electrons. The van der Waals surface area contributed by atoms with Crippen LogP contribution in [-0.4, -0.2) is 26.1 Å². The second-order valence-corrected chi connectivity index (χ2v) is 5.33. The van der Waals surface area contributed by atoms with Gasteiger partial charge in [0.15, 0.2) is 0 Å². The average Bonchev–Trinajstić information content (AvgIpc) is 2.49. The van der Waals surface area contributed by atoms with Gasteiger partial charge in [-0.05, 0) is 50.4 Å².